The second-order valence-electron chi connectivity index (χ2n) is 2.52. The molecule has 13 heavy (non-hydrogen) atoms. The van der Waals surface area contributed by atoms with Gasteiger partial charge < -0.3 is 0 Å². The first-order valence-electron chi connectivity index (χ1n) is 3.73. The van der Waals surface area contributed by atoms with Gasteiger partial charge >= 0.3 is 0 Å². The largest absolute Gasteiger partial charge is 0.294 e. The molecule has 0 aliphatic rings. The normalized spacial score (nSPS) is 10.1. The Morgan fingerprint density at radius 3 is 2.85 bits per heavy atom. The van der Waals surface area contributed by atoms with E-state index in [1.54, 1.807) is 0 Å². The molecule has 0 heterocycles. The molecule has 1 rings (SSSR count). The van der Waals surface area contributed by atoms with Crippen molar-refractivity contribution in [3.63, 3.8) is 0 Å². The number of carbonyl (C=O) groups excluding carboxylic acids is 1. The summed E-state index contributed by atoms with van der Waals surface area (Å²) < 4.78 is 1.06. The van der Waals surface area contributed by atoms with E-state index in [4.69, 9.17) is 0 Å². The van der Waals surface area contributed by atoms with Crippen molar-refractivity contribution in [3.05, 3.63) is 27.3 Å². The molecule has 0 aliphatic heterocycles. The molecule has 0 radical (unpaired) electrons. The lowest BCUT2D eigenvalue weighted by molar-refractivity contribution is 0.0987. The molecule has 0 fully saturated rings. The number of rotatable bonds is 3. The number of halogens is 2. The van der Waals surface area contributed by atoms with Crippen LogP contribution in [0.25, 0.3) is 0 Å². The third-order valence-corrected chi connectivity index (χ3v) is 3.04. The number of ketones is 1. The molecule has 4 heteroatoms. The van der Waals surface area contributed by atoms with Gasteiger partial charge in [-0.05, 0) is 40.8 Å². The fraction of sp³-hybridized carbons (Fsp3) is 0.222. The molecule has 0 bridgehead atoms. The first-order valence-corrected chi connectivity index (χ1v) is 6.37. The molecule has 0 saturated carbocycles. The summed E-state index contributed by atoms with van der Waals surface area (Å²) in [6.07, 6.45) is 0.521. The quantitative estimate of drug-likeness (QED) is 0.372. The smallest absolute Gasteiger partial charge is 0.164 e. The third-order valence-electron chi connectivity index (χ3n) is 1.58. The van der Waals surface area contributed by atoms with Crippen LogP contribution in [0.5, 0.6) is 0 Å². The number of carbonyl (C=O) groups is 1. The lowest BCUT2D eigenvalue weighted by Crippen LogP contribution is -2.01. The van der Waals surface area contributed by atoms with Crippen molar-refractivity contribution in [2.75, 3.05) is 5.33 Å². The van der Waals surface area contributed by atoms with Crippen LogP contribution in [0.1, 0.15) is 16.8 Å². The van der Waals surface area contributed by atoms with Crippen LogP contribution in [-0.4, -0.2) is 11.1 Å². The molecule has 0 N–H and O–H groups in total. The Morgan fingerprint density at radius 2 is 2.23 bits per heavy atom. The second-order valence-corrected chi connectivity index (χ2v) is 5.04. The Hall–Kier alpha value is 0.450. The van der Waals surface area contributed by atoms with Crippen LogP contribution in [0.2, 0.25) is 0 Å². The summed E-state index contributed by atoms with van der Waals surface area (Å²) in [5.74, 6) is 0.139. The van der Waals surface area contributed by atoms with Crippen molar-refractivity contribution < 1.29 is 4.79 Å². The van der Waals surface area contributed by atoms with E-state index in [0.29, 0.717) is 11.8 Å². The van der Waals surface area contributed by atoms with Gasteiger partial charge in [0.15, 0.2) is 5.78 Å². The Balaban J connectivity index is 2.99. The Kier molecular flexibility index (Phi) is 4.75. The lowest BCUT2D eigenvalue weighted by Gasteiger charge is -2.03. The second kappa shape index (κ2) is 5.36. The summed E-state index contributed by atoms with van der Waals surface area (Å²) in [6.45, 7) is 0. The van der Waals surface area contributed by atoms with Gasteiger partial charge in [0.1, 0.15) is 0 Å². The van der Waals surface area contributed by atoms with E-state index < -0.39 is 0 Å². The van der Waals surface area contributed by atoms with Gasteiger partial charge in [0.2, 0.25) is 0 Å². The van der Waals surface area contributed by atoms with Crippen LogP contribution >= 0.6 is 51.1 Å². The first kappa shape index (κ1) is 11.5. The summed E-state index contributed by atoms with van der Waals surface area (Å²) in [6, 6.07) is 5.66. The van der Waals surface area contributed by atoms with Gasteiger partial charge in [-0.2, -0.15) is 0 Å². The standard InChI is InChI=1S/C9H8BrIOS/c10-4-3-8(12)7-5-6(11)1-2-9(7)13/h1-2,5,13H,3-4H2. The van der Waals surface area contributed by atoms with E-state index >= 15 is 0 Å². The van der Waals surface area contributed by atoms with E-state index in [0.717, 1.165) is 14.0 Å². The van der Waals surface area contributed by atoms with Crippen LogP contribution in [0.3, 0.4) is 0 Å². The molecular weight excluding hydrogens is 363 g/mol. The highest BCUT2D eigenvalue weighted by Gasteiger charge is 2.08. The number of hydrogen-bond acceptors (Lipinski definition) is 2. The van der Waals surface area contributed by atoms with Gasteiger partial charge in [-0.25, -0.2) is 0 Å². The summed E-state index contributed by atoms with van der Waals surface area (Å²) in [5, 5.41) is 0.699. The average Bonchev–Trinajstić information content (AvgIpc) is 2.09. The molecule has 0 saturated heterocycles. The maximum Gasteiger partial charge on any atom is 0.164 e. The van der Waals surface area contributed by atoms with E-state index in [2.05, 4.69) is 51.1 Å². The van der Waals surface area contributed by atoms with Crippen LogP contribution in [0.4, 0.5) is 0 Å². The van der Waals surface area contributed by atoms with Crippen molar-refractivity contribution in [2.45, 2.75) is 11.3 Å². The number of Topliss-reactive ketones (excluding diaryl/α,β-unsaturated/α-hetero) is 1. The molecule has 1 aromatic rings. The molecule has 0 aliphatic carbocycles. The first-order chi connectivity index (χ1) is 6.15. The molecule has 0 atom stereocenters. The SMILES string of the molecule is O=C(CCBr)c1cc(I)ccc1S. The van der Waals surface area contributed by atoms with Crippen LogP contribution in [0.15, 0.2) is 23.1 Å². The number of hydrogen-bond donors (Lipinski definition) is 1. The molecule has 0 unspecified atom stereocenters. The van der Waals surface area contributed by atoms with Gasteiger partial charge in [0.05, 0.1) is 0 Å². The lowest BCUT2D eigenvalue weighted by atomic mass is 10.1. The maximum atomic E-state index is 11.5. The van der Waals surface area contributed by atoms with Crippen molar-refractivity contribution in [1.29, 1.82) is 0 Å². The van der Waals surface area contributed by atoms with Crippen molar-refractivity contribution in [1.82, 2.24) is 0 Å². The minimum Gasteiger partial charge on any atom is -0.294 e. The minimum absolute atomic E-state index is 0.139. The summed E-state index contributed by atoms with van der Waals surface area (Å²) in [5.41, 5.74) is 0.717. The van der Waals surface area contributed by atoms with E-state index in [1.807, 2.05) is 18.2 Å². The van der Waals surface area contributed by atoms with E-state index in [-0.39, 0.29) is 5.78 Å². The van der Waals surface area contributed by atoms with Crippen LogP contribution in [0, 0.1) is 3.57 Å². The van der Waals surface area contributed by atoms with Gasteiger partial charge in [0.25, 0.3) is 0 Å². The minimum atomic E-state index is 0.139. The van der Waals surface area contributed by atoms with Gasteiger partial charge in [-0.15, -0.1) is 12.6 Å². The van der Waals surface area contributed by atoms with E-state index in [1.165, 1.54) is 0 Å². The van der Waals surface area contributed by atoms with Gasteiger partial charge in [-0.3, -0.25) is 4.79 Å². The van der Waals surface area contributed by atoms with Crippen molar-refractivity contribution >= 4 is 56.9 Å². The highest BCUT2D eigenvalue weighted by molar-refractivity contribution is 14.1. The molecule has 70 valence electrons. The van der Waals surface area contributed by atoms with Crippen molar-refractivity contribution in [3.8, 4) is 0 Å². The Bertz CT molecular complexity index is 327. The van der Waals surface area contributed by atoms with Crippen LogP contribution in [-0.2, 0) is 0 Å². The van der Waals surface area contributed by atoms with Crippen LogP contribution < -0.4 is 0 Å². The zero-order valence-electron chi connectivity index (χ0n) is 6.76. The van der Waals surface area contributed by atoms with Crippen molar-refractivity contribution in [2.24, 2.45) is 0 Å². The topological polar surface area (TPSA) is 17.1 Å². The molecule has 0 aromatic heterocycles. The summed E-state index contributed by atoms with van der Waals surface area (Å²) >= 11 is 9.67. The molecule has 1 aromatic carbocycles. The molecule has 0 spiro atoms. The van der Waals surface area contributed by atoms with Gasteiger partial charge in [0, 0.05) is 25.8 Å². The fourth-order valence-electron chi connectivity index (χ4n) is 0.952. The van der Waals surface area contributed by atoms with Gasteiger partial charge in [-0.1, -0.05) is 15.9 Å². The third kappa shape index (κ3) is 3.25. The summed E-state index contributed by atoms with van der Waals surface area (Å²) in [4.78, 5) is 12.3. The predicted molar refractivity (Wildman–Crippen MR) is 69.2 cm³/mol. The van der Waals surface area contributed by atoms with E-state index in [9.17, 15) is 4.79 Å². The Morgan fingerprint density at radius 1 is 1.54 bits per heavy atom. The number of benzene rings is 1. The monoisotopic (exact) mass is 370 g/mol. The highest BCUT2D eigenvalue weighted by atomic mass is 127. The summed E-state index contributed by atoms with van der Waals surface area (Å²) in [7, 11) is 0. The Labute approximate surface area is 105 Å². The zero-order valence-corrected chi connectivity index (χ0v) is 11.4. The highest BCUT2D eigenvalue weighted by Crippen LogP contribution is 2.19. The number of alkyl halides is 1. The number of thiol groups is 1. The zero-order chi connectivity index (χ0) is 9.84. The maximum absolute atomic E-state index is 11.5. The molecular formula is C9H8BrIOS. The fourth-order valence-corrected chi connectivity index (χ4v) is 2.07. The predicted octanol–water partition coefficient (Wildman–Crippen LogP) is 3.55. The molecule has 0 amide bonds. The molecule has 1 nitrogen and oxygen atoms in total. The average molecular weight is 371 g/mol.